The number of hydrogen-bond acceptors (Lipinski definition) is 4. The van der Waals surface area contributed by atoms with Crippen molar-refractivity contribution < 1.29 is 19.4 Å². The Bertz CT molecular complexity index is 1110. The number of thioether (sulfide) groups is 1. The Morgan fingerprint density at radius 2 is 1.67 bits per heavy atom. The standard InChI is InChI=1S/C24H19NO4S/c26-23(27)15-9-10-21-22(13-15)30-12-11-25(21)24(28)29-14-20-18-7-3-1-5-16(18)17-6-2-4-8-19(17)20/h1-10,13,20H,11-12,14H2,(H,26,27). The molecule has 0 spiro atoms. The maximum absolute atomic E-state index is 12.9. The van der Waals surface area contributed by atoms with Crippen molar-refractivity contribution >= 4 is 29.5 Å². The summed E-state index contributed by atoms with van der Waals surface area (Å²) < 4.78 is 5.78. The molecule has 2 aliphatic rings. The highest BCUT2D eigenvalue weighted by atomic mass is 32.2. The van der Waals surface area contributed by atoms with Crippen LogP contribution in [0, 0.1) is 0 Å². The number of benzene rings is 3. The Morgan fingerprint density at radius 1 is 1.00 bits per heavy atom. The van der Waals surface area contributed by atoms with E-state index in [2.05, 4.69) is 24.3 Å². The molecule has 0 radical (unpaired) electrons. The second-order valence-corrected chi connectivity index (χ2v) is 8.43. The summed E-state index contributed by atoms with van der Waals surface area (Å²) in [5.41, 5.74) is 5.65. The van der Waals surface area contributed by atoms with Gasteiger partial charge in [-0.2, -0.15) is 0 Å². The van der Waals surface area contributed by atoms with Crippen molar-refractivity contribution in [3.63, 3.8) is 0 Å². The van der Waals surface area contributed by atoms with Crippen molar-refractivity contribution in [2.45, 2.75) is 10.8 Å². The highest BCUT2D eigenvalue weighted by Crippen LogP contribution is 2.44. The van der Waals surface area contributed by atoms with Crippen molar-refractivity contribution in [2.75, 3.05) is 23.8 Å². The zero-order chi connectivity index (χ0) is 20.7. The molecule has 1 aliphatic carbocycles. The molecule has 3 aromatic carbocycles. The molecule has 1 aliphatic heterocycles. The van der Waals surface area contributed by atoms with Crippen LogP contribution in [0.25, 0.3) is 11.1 Å². The van der Waals surface area contributed by atoms with Crippen molar-refractivity contribution in [1.82, 2.24) is 0 Å². The number of aromatic carboxylic acids is 1. The van der Waals surface area contributed by atoms with E-state index < -0.39 is 12.1 Å². The fourth-order valence-electron chi connectivity index (χ4n) is 4.21. The lowest BCUT2D eigenvalue weighted by atomic mass is 9.98. The highest BCUT2D eigenvalue weighted by Gasteiger charge is 2.31. The van der Waals surface area contributed by atoms with E-state index in [1.165, 1.54) is 28.3 Å². The number of fused-ring (bicyclic) bond motifs is 4. The third-order valence-electron chi connectivity index (χ3n) is 5.63. The number of carboxylic acids is 1. The fraction of sp³-hybridized carbons (Fsp3) is 0.167. The number of anilines is 1. The maximum atomic E-state index is 12.9. The number of nitrogens with zero attached hydrogens (tertiary/aromatic N) is 1. The minimum absolute atomic E-state index is 0.00868. The Balaban J connectivity index is 1.37. The molecule has 1 amide bonds. The number of amides is 1. The van der Waals surface area contributed by atoms with Crippen LogP contribution in [0.2, 0.25) is 0 Å². The van der Waals surface area contributed by atoms with E-state index in [1.807, 2.05) is 24.3 Å². The van der Waals surface area contributed by atoms with Crippen LogP contribution in [0.5, 0.6) is 0 Å². The van der Waals surface area contributed by atoms with Gasteiger partial charge in [-0.15, -0.1) is 11.8 Å². The molecule has 0 fully saturated rings. The zero-order valence-electron chi connectivity index (χ0n) is 16.1. The molecule has 1 N–H and O–H groups in total. The largest absolute Gasteiger partial charge is 0.478 e. The van der Waals surface area contributed by atoms with Crippen LogP contribution in [0.3, 0.4) is 0 Å². The lowest BCUT2D eigenvalue weighted by Gasteiger charge is -2.29. The highest BCUT2D eigenvalue weighted by molar-refractivity contribution is 7.99. The van der Waals surface area contributed by atoms with Gasteiger partial charge in [0.25, 0.3) is 0 Å². The van der Waals surface area contributed by atoms with E-state index >= 15 is 0 Å². The van der Waals surface area contributed by atoms with E-state index in [1.54, 1.807) is 28.8 Å². The van der Waals surface area contributed by atoms with Gasteiger partial charge in [-0.05, 0) is 40.5 Å². The lowest BCUT2D eigenvalue weighted by Crippen LogP contribution is -2.36. The number of hydrogen-bond donors (Lipinski definition) is 1. The van der Waals surface area contributed by atoms with Crippen LogP contribution in [0.4, 0.5) is 10.5 Å². The molecule has 0 saturated heterocycles. The molecule has 30 heavy (non-hydrogen) atoms. The molecule has 5 nitrogen and oxygen atoms in total. The Morgan fingerprint density at radius 3 is 2.33 bits per heavy atom. The summed E-state index contributed by atoms with van der Waals surface area (Å²) in [6, 6.07) is 21.3. The average Bonchev–Trinajstić information content (AvgIpc) is 3.10. The summed E-state index contributed by atoms with van der Waals surface area (Å²) in [6.07, 6.45) is -0.401. The SMILES string of the molecule is O=C(O)c1ccc2c(c1)SCCN2C(=O)OCC1c2ccccc2-c2ccccc21. The van der Waals surface area contributed by atoms with Crippen molar-refractivity contribution in [1.29, 1.82) is 0 Å². The minimum Gasteiger partial charge on any atom is -0.478 e. The normalized spacial score (nSPS) is 14.6. The first kappa shape index (κ1) is 18.8. The summed E-state index contributed by atoms with van der Waals surface area (Å²) in [5.74, 6) is -0.272. The van der Waals surface area contributed by atoms with Gasteiger partial charge in [0.2, 0.25) is 0 Å². The van der Waals surface area contributed by atoms with Gasteiger partial charge in [-0.1, -0.05) is 48.5 Å². The first-order valence-corrected chi connectivity index (χ1v) is 10.7. The summed E-state index contributed by atoms with van der Waals surface area (Å²) in [5, 5.41) is 9.21. The van der Waals surface area contributed by atoms with E-state index in [9.17, 15) is 14.7 Å². The summed E-state index contributed by atoms with van der Waals surface area (Å²) in [7, 11) is 0. The minimum atomic E-state index is -0.975. The fourth-order valence-corrected chi connectivity index (χ4v) is 5.24. The van der Waals surface area contributed by atoms with Gasteiger partial charge in [0.05, 0.1) is 11.3 Å². The molecule has 0 bridgehead atoms. The number of ether oxygens (including phenoxy) is 1. The molecular formula is C24H19NO4S. The van der Waals surface area contributed by atoms with Crippen LogP contribution in [0.1, 0.15) is 27.4 Å². The quantitative estimate of drug-likeness (QED) is 0.631. The van der Waals surface area contributed by atoms with Crippen LogP contribution >= 0.6 is 11.8 Å². The molecule has 0 unspecified atom stereocenters. The molecule has 0 atom stereocenters. The second kappa shape index (κ2) is 7.54. The monoisotopic (exact) mass is 417 g/mol. The predicted octanol–water partition coefficient (Wildman–Crippen LogP) is 5.25. The molecule has 5 rings (SSSR count). The molecule has 0 aromatic heterocycles. The topological polar surface area (TPSA) is 66.8 Å². The van der Waals surface area contributed by atoms with E-state index in [0.717, 1.165) is 4.90 Å². The van der Waals surface area contributed by atoms with E-state index in [0.29, 0.717) is 18.0 Å². The Hall–Kier alpha value is -3.25. The Kier molecular flexibility index (Phi) is 4.71. The van der Waals surface area contributed by atoms with Crippen LogP contribution < -0.4 is 4.90 Å². The predicted molar refractivity (Wildman–Crippen MR) is 117 cm³/mol. The number of rotatable bonds is 3. The smallest absolute Gasteiger partial charge is 0.414 e. The van der Waals surface area contributed by atoms with Crippen molar-refractivity contribution in [3.05, 3.63) is 83.4 Å². The van der Waals surface area contributed by atoms with Gasteiger partial charge in [-0.25, -0.2) is 9.59 Å². The van der Waals surface area contributed by atoms with Crippen LogP contribution in [-0.4, -0.2) is 36.1 Å². The first-order chi connectivity index (χ1) is 14.6. The van der Waals surface area contributed by atoms with Gasteiger partial charge in [0.15, 0.2) is 0 Å². The molecular weight excluding hydrogens is 398 g/mol. The summed E-state index contributed by atoms with van der Waals surface area (Å²) in [6.45, 7) is 0.791. The van der Waals surface area contributed by atoms with E-state index in [-0.39, 0.29) is 18.1 Å². The van der Waals surface area contributed by atoms with E-state index in [4.69, 9.17) is 4.74 Å². The first-order valence-electron chi connectivity index (χ1n) is 9.76. The molecule has 3 aromatic rings. The van der Waals surface area contributed by atoms with Gasteiger partial charge in [0.1, 0.15) is 6.61 Å². The maximum Gasteiger partial charge on any atom is 0.414 e. The van der Waals surface area contributed by atoms with Crippen LogP contribution in [0.15, 0.2) is 71.6 Å². The van der Waals surface area contributed by atoms with Gasteiger partial charge < -0.3 is 9.84 Å². The number of carboxylic acid groups (broad SMARTS) is 1. The zero-order valence-corrected chi connectivity index (χ0v) is 16.9. The van der Waals surface area contributed by atoms with Crippen molar-refractivity contribution in [3.8, 4) is 11.1 Å². The van der Waals surface area contributed by atoms with Gasteiger partial charge in [0, 0.05) is 23.1 Å². The van der Waals surface area contributed by atoms with Crippen LogP contribution in [-0.2, 0) is 4.74 Å². The number of carbonyl (C=O) groups is 2. The molecule has 6 heteroatoms. The lowest BCUT2D eigenvalue weighted by molar-refractivity contribution is 0.0696. The third kappa shape index (κ3) is 3.13. The van der Waals surface area contributed by atoms with Gasteiger partial charge in [-0.3, -0.25) is 4.90 Å². The molecule has 150 valence electrons. The second-order valence-electron chi connectivity index (χ2n) is 7.29. The molecule has 0 saturated carbocycles. The molecule has 1 heterocycles. The third-order valence-corrected chi connectivity index (χ3v) is 6.65. The summed E-state index contributed by atoms with van der Waals surface area (Å²) >= 11 is 1.55. The van der Waals surface area contributed by atoms with Crippen molar-refractivity contribution in [2.24, 2.45) is 0 Å². The average molecular weight is 417 g/mol. The van der Waals surface area contributed by atoms with Gasteiger partial charge >= 0.3 is 12.1 Å². The Labute approximate surface area is 178 Å². The number of carbonyl (C=O) groups excluding carboxylic acids is 1. The summed E-state index contributed by atoms with van der Waals surface area (Å²) in [4.78, 5) is 26.6.